The molecule has 0 saturated heterocycles. The van der Waals surface area contributed by atoms with Gasteiger partial charge < -0.3 is 24.3 Å². The third-order valence-corrected chi connectivity index (χ3v) is 4.43. The molecule has 25 heavy (non-hydrogen) atoms. The first-order valence-electron chi connectivity index (χ1n) is 8.43. The minimum absolute atomic E-state index is 0.0222. The molecule has 0 saturated carbocycles. The highest BCUT2D eigenvalue weighted by Crippen LogP contribution is 2.33. The van der Waals surface area contributed by atoms with Crippen LogP contribution >= 0.6 is 0 Å². The number of methoxy groups -OCH3 is 2. The van der Waals surface area contributed by atoms with Crippen LogP contribution in [-0.4, -0.2) is 47.8 Å². The van der Waals surface area contributed by atoms with E-state index in [-0.39, 0.29) is 6.03 Å². The molecule has 134 valence electrons. The molecule has 1 aliphatic rings. The van der Waals surface area contributed by atoms with E-state index >= 15 is 0 Å². The summed E-state index contributed by atoms with van der Waals surface area (Å²) in [6.07, 6.45) is 7.15. The van der Waals surface area contributed by atoms with Gasteiger partial charge in [0.25, 0.3) is 0 Å². The zero-order valence-corrected chi connectivity index (χ0v) is 14.7. The van der Waals surface area contributed by atoms with E-state index in [0.29, 0.717) is 25.4 Å². The van der Waals surface area contributed by atoms with Crippen molar-refractivity contribution in [3.63, 3.8) is 0 Å². The van der Waals surface area contributed by atoms with Crippen LogP contribution in [0.3, 0.4) is 0 Å². The average molecular weight is 344 g/mol. The summed E-state index contributed by atoms with van der Waals surface area (Å²) in [5.41, 5.74) is 2.32. The monoisotopic (exact) mass is 344 g/mol. The lowest BCUT2D eigenvalue weighted by Crippen LogP contribution is -2.43. The molecule has 1 aliphatic heterocycles. The smallest absolute Gasteiger partial charge is 0.317 e. The van der Waals surface area contributed by atoms with Crippen LogP contribution in [0.2, 0.25) is 0 Å². The van der Waals surface area contributed by atoms with Gasteiger partial charge in [-0.15, -0.1) is 0 Å². The van der Waals surface area contributed by atoms with E-state index < -0.39 is 0 Å². The number of carbonyl (C=O) groups is 1. The maximum Gasteiger partial charge on any atom is 0.317 e. The number of hydrogen-bond donors (Lipinski definition) is 1. The maximum atomic E-state index is 12.4. The van der Waals surface area contributed by atoms with Crippen LogP contribution in [0, 0.1) is 0 Å². The molecular formula is C18H24N4O3. The zero-order valence-electron chi connectivity index (χ0n) is 14.7. The summed E-state index contributed by atoms with van der Waals surface area (Å²) in [7, 11) is 3.26. The molecule has 1 N–H and O–H groups in total. The van der Waals surface area contributed by atoms with Gasteiger partial charge in [0.05, 0.1) is 20.5 Å². The molecule has 7 heteroatoms. The second-order valence-electron chi connectivity index (χ2n) is 6.03. The molecule has 0 unspecified atom stereocenters. The molecule has 2 aromatic rings. The van der Waals surface area contributed by atoms with E-state index in [9.17, 15) is 4.79 Å². The Balaban J connectivity index is 1.53. The Morgan fingerprint density at radius 1 is 1.24 bits per heavy atom. The van der Waals surface area contributed by atoms with Crippen LogP contribution in [0.15, 0.2) is 30.9 Å². The minimum Gasteiger partial charge on any atom is -0.493 e. The van der Waals surface area contributed by atoms with Crippen molar-refractivity contribution in [2.45, 2.75) is 25.9 Å². The van der Waals surface area contributed by atoms with E-state index in [0.717, 1.165) is 30.7 Å². The van der Waals surface area contributed by atoms with Crippen LogP contribution in [0.25, 0.3) is 0 Å². The van der Waals surface area contributed by atoms with Gasteiger partial charge in [0, 0.05) is 38.6 Å². The van der Waals surface area contributed by atoms with Crippen molar-refractivity contribution < 1.29 is 14.3 Å². The number of benzene rings is 1. The fraction of sp³-hybridized carbons (Fsp3) is 0.444. The molecule has 7 nitrogen and oxygen atoms in total. The quantitative estimate of drug-likeness (QED) is 0.815. The predicted molar refractivity (Wildman–Crippen MR) is 93.9 cm³/mol. The number of aryl methyl sites for hydroxylation is 1. The molecule has 1 aromatic carbocycles. The molecule has 0 bridgehead atoms. The summed E-state index contributed by atoms with van der Waals surface area (Å²) in [4.78, 5) is 18.2. The van der Waals surface area contributed by atoms with Crippen molar-refractivity contribution in [2.24, 2.45) is 0 Å². The van der Waals surface area contributed by atoms with Crippen molar-refractivity contribution in [3.05, 3.63) is 42.0 Å². The van der Waals surface area contributed by atoms with Crippen LogP contribution in [0.5, 0.6) is 11.5 Å². The summed E-state index contributed by atoms with van der Waals surface area (Å²) in [5, 5.41) is 2.99. The number of nitrogens with zero attached hydrogens (tertiary/aromatic N) is 3. The Kier molecular flexibility index (Phi) is 5.42. The van der Waals surface area contributed by atoms with E-state index in [1.165, 1.54) is 5.56 Å². The SMILES string of the molecule is COc1cc2c(cc1OC)CN(C(=O)NCCCn1ccnc1)CC2. The number of fused-ring (bicyclic) bond motifs is 1. The number of nitrogens with one attached hydrogen (secondary N) is 1. The van der Waals surface area contributed by atoms with E-state index in [4.69, 9.17) is 9.47 Å². The molecule has 1 aromatic heterocycles. The molecule has 0 fully saturated rings. The first kappa shape index (κ1) is 17.1. The third-order valence-electron chi connectivity index (χ3n) is 4.43. The van der Waals surface area contributed by atoms with Crippen molar-refractivity contribution in [2.75, 3.05) is 27.3 Å². The first-order chi connectivity index (χ1) is 12.2. The Bertz CT molecular complexity index is 715. The lowest BCUT2D eigenvalue weighted by molar-refractivity contribution is 0.192. The van der Waals surface area contributed by atoms with Crippen LogP contribution in [0.1, 0.15) is 17.5 Å². The van der Waals surface area contributed by atoms with Crippen molar-refractivity contribution in [3.8, 4) is 11.5 Å². The molecule has 2 amide bonds. The highest BCUT2D eigenvalue weighted by Gasteiger charge is 2.22. The second kappa shape index (κ2) is 7.92. The van der Waals surface area contributed by atoms with Gasteiger partial charge in [0.2, 0.25) is 0 Å². The number of hydrogen-bond acceptors (Lipinski definition) is 4. The molecule has 2 heterocycles. The lowest BCUT2D eigenvalue weighted by atomic mass is 9.99. The van der Waals surface area contributed by atoms with Gasteiger partial charge in [0.1, 0.15) is 0 Å². The number of ether oxygens (including phenoxy) is 2. The molecule has 0 spiro atoms. The number of rotatable bonds is 6. The average Bonchev–Trinajstić information content (AvgIpc) is 3.16. The van der Waals surface area contributed by atoms with Crippen LogP contribution in [0.4, 0.5) is 4.79 Å². The van der Waals surface area contributed by atoms with Crippen LogP contribution in [-0.2, 0) is 19.5 Å². The molecule has 3 rings (SSSR count). The number of amides is 2. The normalized spacial score (nSPS) is 13.3. The summed E-state index contributed by atoms with van der Waals surface area (Å²) in [5.74, 6) is 1.43. The van der Waals surface area contributed by atoms with Gasteiger partial charge in [0.15, 0.2) is 11.5 Å². The number of aromatic nitrogens is 2. The standard InChI is InChI=1S/C18H24N4O3/c1-24-16-10-14-4-8-22(12-15(14)11-17(16)25-2)18(23)20-5-3-7-21-9-6-19-13-21/h6,9-11,13H,3-5,7-8,12H2,1-2H3,(H,20,23). The van der Waals surface area contributed by atoms with Crippen molar-refractivity contribution in [1.29, 1.82) is 0 Å². The van der Waals surface area contributed by atoms with Crippen molar-refractivity contribution in [1.82, 2.24) is 19.8 Å². The maximum absolute atomic E-state index is 12.4. The number of carbonyl (C=O) groups excluding carboxylic acids is 1. The third kappa shape index (κ3) is 4.04. The molecular weight excluding hydrogens is 320 g/mol. The highest BCUT2D eigenvalue weighted by atomic mass is 16.5. The van der Waals surface area contributed by atoms with Gasteiger partial charge in [-0.1, -0.05) is 0 Å². The topological polar surface area (TPSA) is 68.6 Å². The highest BCUT2D eigenvalue weighted by molar-refractivity contribution is 5.74. The second-order valence-corrected chi connectivity index (χ2v) is 6.03. The van der Waals surface area contributed by atoms with Crippen LogP contribution < -0.4 is 14.8 Å². The number of urea groups is 1. The largest absolute Gasteiger partial charge is 0.493 e. The summed E-state index contributed by atoms with van der Waals surface area (Å²) in [6, 6.07) is 3.95. The summed E-state index contributed by atoms with van der Waals surface area (Å²) in [6.45, 7) is 2.78. The minimum atomic E-state index is -0.0222. The first-order valence-corrected chi connectivity index (χ1v) is 8.43. The van der Waals surface area contributed by atoms with Gasteiger partial charge >= 0.3 is 6.03 Å². The molecule has 0 radical (unpaired) electrons. The Labute approximate surface area is 147 Å². The van der Waals surface area contributed by atoms with Gasteiger partial charge in [-0.2, -0.15) is 0 Å². The molecule has 0 aliphatic carbocycles. The van der Waals surface area contributed by atoms with Crippen molar-refractivity contribution >= 4 is 6.03 Å². The number of imidazole rings is 1. The van der Waals surface area contributed by atoms with E-state index in [1.807, 2.05) is 27.8 Å². The van der Waals surface area contributed by atoms with E-state index in [2.05, 4.69) is 10.3 Å². The predicted octanol–water partition coefficient (Wildman–Crippen LogP) is 2.06. The Hall–Kier alpha value is -2.70. The fourth-order valence-corrected chi connectivity index (χ4v) is 3.04. The summed E-state index contributed by atoms with van der Waals surface area (Å²) < 4.78 is 12.7. The van der Waals surface area contributed by atoms with Gasteiger partial charge in [-0.3, -0.25) is 0 Å². The lowest BCUT2D eigenvalue weighted by Gasteiger charge is -2.29. The van der Waals surface area contributed by atoms with Gasteiger partial charge in [-0.05, 0) is 36.1 Å². The zero-order chi connectivity index (χ0) is 17.6. The van der Waals surface area contributed by atoms with E-state index in [1.54, 1.807) is 26.7 Å². The Morgan fingerprint density at radius 2 is 2.00 bits per heavy atom. The summed E-state index contributed by atoms with van der Waals surface area (Å²) >= 11 is 0. The van der Waals surface area contributed by atoms with Gasteiger partial charge in [-0.25, -0.2) is 9.78 Å². The Morgan fingerprint density at radius 3 is 2.68 bits per heavy atom. The fourth-order valence-electron chi connectivity index (χ4n) is 3.04. The molecule has 0 atom stereocenters.